The Kier molecular flexibility index (Phi) is 2.46. The number of ether oxygens (including phenoxy) is 2. The van der Waals surface area contributed by atoms with E-state index < -0.39 is 11.6 Å². The number of methoxy groups -OCH3 is 1. The molecule has 1 atom stereocenters. The Morgan fingerprint density at radius 3 is 2.91 bits per heavy atom. The minimum Gasteiger partial charge on any atom is -0.467 e. The van der Waals surface area contributed by atoms with Crippen LogP contribution in [-0.4, -0.2) is 37.0 Å². The molecule has 64 valence electrons. The lowest BCUT2D eigenvalue weighted by Crippen LogP contribution is -2.46. The molecule has 1 aliphatic rings. The van der Waals surface area contributed by atoms with Gasteiger partial charge in [-0.2, -0.15) is 0 Å². The molecule has 0 radical (unpaired) electrons. The van der Waals surface area contributed by atoms with E-state index in [0.717, 1.165) is 0 Å². The molecule has 11 heavy (non-hydrogen) atoms. The molecule has 0 aromatic carbocycles. The number of hydrogen-bond acceptors (Lipinski definition) is 4. The van der Waals surface area contributed by atoms with Crippen LogP contribution in [0.2, 0.25) is 0 Å². The zero-order chi connectivity index (χ0) is 8.32. The Balaban J connectivity index is 2.56. The number of hydrogen-bond donors (Lipinski definition) is 1. The summed E-state index contributed by atoms with van der Waals surface area (Å²) in [6, 6.07) is 0. The van der Waals surface area contributed by atoms with Crippen LogP contribution in [0.5, 0.6) is 0 Å². The number of aliphatic hydroxyl groups is 1. The molecular weight excluding hydrogens is 148 g/mol. The SMILES string of the molecule is COC(=O)C1(O)CCCOC1. The Morgan fingerprint density at radius 2 is 2.45 bits per heavy atom. The van der Waals surface area contributed by atoms with Crippen LogP contribution < -0.4 is 0 Å². The molecule has 0 bridgehead atoms. The van der Waals surface area contributed by atoms with E-state index >= 15 is 0 Å². The van der Waals surface area contributed by atoms with Crippen LogP contribution in [0.1, 0.15) is 12.8 Å². The lowest BCUT2D eigenvalue weighted by Gasteiger charge is -2.28. The quantitative estimate of drug-likeness (QED) is 0.535. The standard InChI is InChI=1S/C7H12O4/c1-10-6(8)7(9)3-2-4-11-5-7/h9H,2-5H2,1H3. The third-order valence-electron chi connectivity index (χ3n) is 1.79. The summed E-state index contributed by atoms with van der Waals surface area (Å²) in [4.78, 5) is 10.9. The van der Waals surface area contributed by atoms with Crippen molar-refractivity contribution >= 4 is 5.97 Å². The molecule has 0 amide bonds. The number of carbonyl (C=O) groups is 1. The molecule has 0 spiro atoms. The first-order chi connectivity index (χ1) is 5.19. The van der Waals surface area contributed by atoms with E-state index in [4.69, 9.17) is 4.74 Å². The van der Waals surface area contributed by atoms with Crippen molar-refractivity contribution in [3.8, 4) is 0 Å². The third kappa shape index (κ3) is 1.70. The predicted octanol–water partition coefficient (Wildman–Crippen LogP) is -0.299. The van der Waals surface area contributed by atoms with E-state index in [2.05, 4.69) is 4.74 Å². The van der Waals surface area contributed by atoms with E-state index in [9.17, 15) is 9.90 Å². The van der Waals surface area contributed by atoms with Crippen LogP contribution in [-0.2, 0) is 14.3 Å². The highest BCUT2D eigenvalue weighted by Gasteiger charge is 2.39. The lowest BCUT2D eigenvalue weighted by molar-refractivity contribution is -0.175. The largest absolute Gasteiger partial charge is 0.467 e. The van der Waals surface area contributed by atoms with E-state index in [1.807, 2.05) is 0 Å². The normalized spacial score (nSPS) is 31.5. The minimum absolute atomic E-state index is 0.0552. The Labute approximate surface area is 65.1 Å². The second-order valence-corrected chi connectivity index (χ2v) is 2.68. The van der Waals surface area contributed by atoms with Crippen molar-refractivity contribution in [2.24, 2.45) is 0 Å². The second-order valence-electron chi connectivity index (χ2n) is 2.68. The Bertz CT molecular complexity index is 149. The highest BCUT2D eigenvalue weighted by molar-refractivity contribution is 5.79. The second kappa shape index (κ2) is 3.19. The van der Waals surface area contributed by atoms with Gasteiger partial charge in [0.25, 0.3) is 0 Å². The molecule has 4 heteroatoms. The first kappa shape index (κ1) is 8.49. The average molecular weight is 160 g/mol. The molecule has 4 nitrogen and oxygen atoms in total. The van der Waals surface area contributed by atoms with Gasteiger partial charge in [0.2, 0.25) is 0 Å². The van der Waals surface area contributed by atoms with Gasteiger partial charge in [-0.05, 0) is 12.8 Å². The first-order valence-electron chi connectivity index (χ1n) is 3.57. The van der Waals surface area contributed by atoms with Crippen molar-refractivity contribution in [2.75, 3.05) is 20.3 Å². The number of rotatable bonds is 1. The molecule has 1 heterocycles. The number of esters is 1. The van der Waals surface area contributed by atoms with Crippen molar-refractivity contribution < 1.29 is 19.4 Å². The van der Waals surface area contributed by atoms with Crippen molar-refractivity contribution in [1.82, 2.24) is 0 Å². The fourth-order valence-corrected chi connectivity index (χ4v) is 1.13. The molecule has 0 aromatic heterocycles. The topological polar surface area (TPSA) is 55.8 Å². The zero-order valence-corrected chi connectivity index (χ0v) is 6.50. The molecule has 0 aliphatic carbocycles. The van der Waals surface area contributed by atoms with Crippen molar-refractivity contribution in [2.45, 2.75) is 18.4 Å². The monoisotopic (exact) mass is 160 g/mol. The van der Waals surface area contributed by atoms with E-state index in [0.29, 0.717) is 19.4 Å². The number of carbonyl (C=O) groups excluding carboxylic acids is 1. The van der Waals surface area contributed by atoms with Gasteiger partial charge in [0.1, 0.15) is 0 Å². The van der Waals surface area contributed by atoms with Crippen LogP contribution in [0, 0.1) is 0 Å². The molecule has 0 aromatic rings. The van der Waals surface area contributed by atoms with Crippen LogP contribution >= 0.6 is 0 Å². The van der Waals surface area contributed by atoms with E-state index in [1.165, 1.54) is 7.11 Å². The van der Waals surface area contributed by atoms with Gasteiger partial charge < -0.3 is 14.6 Å². The Hall–Kier alpha value is -0.610. The summed E-state index contributed by atoms with van der Waals surface area (Å²) < 4.78 is 9.38. The van der Waals surface area contributed by atoms with Crippen molar-refractivity contribution in [1.29, 1.82) is 0 Å². The van der Waals surface area contributed by atoms with Crippen molar-refractivity contribution in [3.05, 3.63) is 0 Å². The fraction of sp³-hybridized carbons (Fsp3) is 0.857. The molecule has 1 rings (SSSR count). The molecular formula is C7H12O4. The maximum Gasteiger partial charge on any atom is 0.340 e. The summed E-state index contributed by atoms with van der Waals surface area (Å²) in [5.74, 6) is -0.600. The van der Waals surface area contributed by atoms with Gasteiger partial charge in [-0.25, -0.2) is 4.79 Å². The maximum absolute atomic E-state index is 10.9. The molecule has 1 aliphatic heterocycles. The summed E-state index contributed by atoms with van der Waals surface area (Å²) >= 11 is 0. The summed E-state index contributed by atoms with van der Waals surface area (Å²) in [6.45, 7) is 0.666. The summed E-state index contributed by atoms with van der Waals surface area (Å²) in [5, 5.41) is 9.54. The van der Waals surface area contributed by atoms with Crippen LogP contribution in [0.3, 0.4) is 0 Å². The fourth-order valence-electron chi connectivity index (χ4n) is 1.13. The molecule has 1 fully saturated rings. The summed E-state index contributed by atoms with van der Waals surface area (Å²) in [6.07, 6.45) is 1.13. The van der Waals surface area contributed by atoms with Gasteiger partial charge in [0, 0.05) is 6.61 Å². The Morgan fingerprint density at radius 1 is 1.73 bits per heavy atom. The molecule has 1 saturated heterocycles. The average Bonchev–Trinajstić information content (AvgIpc) is 2.04. The third-order valence-corrected chi connectivity index (χ3v) is 1.79. The maximum atomic E-state index is 10.9. The molecule has 1 N–H and O–H groups in total. The predicted molar refractivity (Wildman–Crippen MR) is 37.0 cm³/mol. The summed E-state index contributed by atoms with van der Waals surface area (Å²) in [7, 11) is 1.26. The van der Waals surface area contributed by atoms with Gasteiger partial charge in [-0.1, -0.05) is 0 Å². The van der Waals surface area contributed by atoms with Crippen molar-refractivity contribution in [3.63, 3.8) is 0 Å². The highest BCUT2D eigenvalue weighted by atomic mass is 16.6. The molecule has 0 saturated carbocycles. The van der Waals surface area contributed by atoms with E-state index in [1.54, 1.807) is 0 Å². The van der Waals surface area contributed by atoms with Gasteiger partial charge >= 0.3 is 5.97 Å². The van der Waals surface area contributed by atoms with Crippen LogP contribution in [0.15, 0.2) is 0 Å². The highest BCUT2D eigenvalue weighted by Crippen LogP contribution is 2.19. The smallest absolute Gasteiger partial charge is 0.340 e. The van der Waals surface area contributed by atoms with Gasteiger partial charge in [-0.3, -0.25) is 0 Å². The first-order valence-corrected chi connectivity index (χ1v) is 3.57. The van der Waals surface area contributed by atoms with E-state index in [-0.39, 0.29) is 6.61 Å². The van der Waals surface area contributed by atoms with Crippen LogP contribution in [0.4, 0.5) is 0 Å². The zero-order valence-electron chi connectivity index (χ0n) is 6.50. The minimum atomic E-state index is -1.40. The molecule has 1 unspecified atom stereocenters. The van der Waals surface area contributed by atoms with Gasteiger partial charge in [0.05, 0.1) is 13.7 Å². The van der Waals surface area contributed by atoms with Gasteiger partial charge in [-0.15, -0.1) is 0 Å². The van der Waals surface area contributed by atoms with Gasteiger partial charge in [0.15, 0.2) is 5.60 Å². The lowest BCUT2D eigenvalue weighted by atomic mass is 9.97. The summed E-state index contributed by atoms with van der Waals surface area (Å²) in [5.41, 5.74) is -1.40. The van der Waals surface area contributed by atoms with Crippen LogP contribution in [0.25, 0.3) is 0 Å².